The minimum atomic E-state index is 0.726. The van der Waals surface area contributed by atoms with Gasteiger partial charge in [0, 0.05) is 13.1 Å². The lowest BCUT2D eigenvalue weighted by Gasteiger charge is -2.21. The van der Waals surface area contributed by atoms with Crippen LogP contribution in [0, 0.1) is 23.7 Å². The van der Waals surface area contributed by atoms with Gasteiger partial charge < -0.3 is 4.90 Å². The molecule has 2 aliphatic carbocycles. The quantitative estimate of drug-likeness (QED) is 0.580. The van der Waals surface area contributed by atoms with Crippen LogP contribution in [0.25, 0.3) is 0 Å². The van der Waals surface area contributed by atoms with Crippen molar-refractivity contribution < 1.29 is 0 Å². The summed E-state index contributed by atoms with van der Waals surface area (Å²) in [5.74, 6) is 3.73. The van der Waals surface area contributed by atoms with Crippen LogP contribution in [0.4, 0.5) is 0 Å². The Hall–Kier alpha value is -0.300. The van der Waals surface area contributed by atoms with Crippen molar-refractivity contribution in [3.63, 3.8) is 0 Å². The van der Waals surface area contributed by atoms with Crippen LogP contribution in [0.5, 0.6) is 0 Å². The lowest BCUT2D eigenvalue weighted by molar-refractivity contribution is 0.277. The zero-order chi connectivity index (χ0) is 10.8. The van der Waals surface area contributed by atoms with Crippen LogP contribution < -0.4 is 0 Å². The Morgan fingerprint density at radius 2 is 2.13 bits per heavy atom. The molecule has 0 aliphatic heterocycles. The first-order valence-electron chi connectivity index (χ1n) is 6.50. The summed E-state index contributed by atoms with van der Waals surface area (Å²) in [5, 5.41) is 0. The van der Waals surface area contributed by atoms with E-state index in [9.17, 15) is 0 Å². The fraction of sp³-hybridized carbons (Fsp3) is 0.857. The van der Waals surface area contributed by atoms with Crippen LogP contribution >= 0.6 is 0 Å². The smallest absolute Gasteiger partial charge is 0.00414 e. The molecule has 86 valence electrons. The lowest BCUT2D eigenvalue weighted by atomic mass is 10.0. The maximum atomic E-state index is 3.99. The Morgan fingerprint density at radius 3 is 2.60 bits per heavy atom. The molecule has 0 aromatic carbocycles. The van der Waals surface area contributed by atoms with E-state index in [0.717, 1.165) is 23.7 Å². The van der Waals surface area contributed by atoms with Gasteiger partial charge in [0.05, 0.1) is 0 Å². The standard InChI is InChI=1S/C14H25N/c1-4-12(8-14-7-11(14)2)9-15(3)10-13-5-6-13/h4,11-14H,1,5-10H2,2-3H3. The summed E-state index contributed by atoms with van der Waals surface area (Å²) < 4.78 is 0. The Labute approximate surface area is 94.5 Å². The van der Waals surface area contributed by atoms with Gasteiger partial charge in [0.2, 0.25) is 0 Å². The molecular weight excluding hydrogens is 182 g/mol. The van der Waals surface area contributed by atoms with E-state index in [-0.39, 0.29) is 0 Å². The molecule has 0 heterocycles. The van der Waals surface area contributed by atoms with Crippen LogP contribution in [-0.4, -0.2) is 25.0 Å². The third kappa shape index (κ3) is 3.64. The Morgan fingerprint density at radius 1 is 1.47 bits per heavy atom. The lowest BCUT2D eigenvalue weighted by Crippen LogP contribution is -2.27. The molecule has 2 aliphatic rings. The van der Waals surface area contributed by atoms with E-state index in [2.05, 4.69) is 31.5 Å². The molecule has 1 nitrogen and oxygen atoms in total. The molecule has 0 N–H and O–H groups in total. The summed E-state index contributed by atoms with van der Waals surface area (Å²) in [6, 6.07) is 0. The molecule has 3 unspecified atom stereocenters. The number of nitrogens with zero attached hydrogens (tertiary/aromatic N) is 1. The summed E-state index contributed by atoms with van der Waals surface area (Å²) in [6.07, 6.45) is 7.93. The third-order valence-corrected chi connectivity index (χ3v) is 4.03. The second-order valence-corrected chi connectivity index (χ2v) is 5.87. The van der Waals surface area contributed by atoms with Gasteiger partial charge in [-0.15, -0.1) is 6.58 Å². The summed E-state index contributed by atoms with van der Waals surface area (Å²) in [5.41, 5.74) is 0. The van der Waals surface area contributed by atoms with Crippen LogP contribution in [0.15, 0.2) is 12.7 Å². The van der Waals surface area contributed by atoms with Crippen LogP contribution in [0.1, 0.15) is 32.6 Å². The average Bonchev–Trinajstić information content (AvgIpc) is 3.07. The fourth-order valence-corrected chi connectivity index (χ4v) is 2.58. The first-order valence-corrected chi connectivity index (χ1v) is 6.50. The fourth-order valence-electron chi connectivity index (χ4n) is 2.58. The maximum Gasteiger partial charge on any atom is 0.00414 e. The minimum Gasteiger partial charge on any atom is -0.306 e. The highest BCUT2D eigenvalue weighted by Gasteiger charge is 2.34. The Bertz CT molecular complexity index is 219. The van der Waals surface area contributed by atoms with Gasteiger partial charge in [-0.1, -0.05) is 13.0 Å². The molecule has 0 radical (unpaired) electrons. The predicted molar refractivity (Wildman–Crippen MR) is 65.8 cm³/mol. The van der Waals surface area contributed by atoms with Crippen LogP contribution in [0.2, 0.25) is 0 Å². The Balaban J connectivity index is 1.66. The van der Waals surface area contributed by atoms with E-state index in [1.54, 1.807) is 0 Å². The van der Waals surface area contributed by atoms with E-state index < -0.39 is 0 Å². The highest BCUT2D eigenvalue weighted by Crippen LogP contribution is 2.42. The van der Waals surface area contributed by atoms with Crippen molar-refractivity contribution in [2.24, 2.45) is 23.7 Å². The Kier molecular flexibility index (Phi) is 3.50. The molecule has 0 saturated heterocycles. The number of hydrogen-bond donors (Lipinski definition) is 0. The van der Waals surface area contributed by atoms with Crippen LogP contribution in [0.3, 0.4) is 0 Å². The third-order valence-electron chi connectivity index (χ3n) is 4.03. The molecule has 0 aromatic heterocycles. The largest absolute Gasteiger partial charge is 0.306 e. The topological polar surface area (TPSA) is 3.24 Å². The minimum absolute atomic E-state index is 0.726. The van der Waals surface area contributed by atoms with Gasteiger partial charge in [0.25, 0.3) is 0 Å². The number of hydrogen-bond acceptors (Lipinski definition) is 1. The van der Waals surface area contributed by atoms with Gasteiger partial charge in [-0.05, 0) is 56.4 Å². The van der Waals surface area contributed by atoms with Crippen molar-refractivity contribution in [1.82, 2.24) is 4.90 Å². The highest BCUT2D eigenvalue weighted by atomic mass is 15.1. The second kappa shape index (κ2) is 4.69. The van der Waals surface area contributed by atoms with E-state index in [1.165, 1.54) is 38.8 Å². The zero-order valence-electron chi connectivity index (χ0n) is 10.3. The normalized spacial score (nSPS) is 31.7. The van der Waals surface area contributed by atoms with E-state index >= 15 is 0 Å². The molecule has 3 atom stereocenters. The second-order valence-electron chi connectivity index (χ2n) is 5.87. The molecule has 2 rings (SSSR count). The highest BCUT2D eigenvalue weighted by molar-refractivity contribution is 4.91. The van der Waals surface area contributed by atoms with Crippen molar-refractivity contribution in [3.05, 3.63) is 12.7 Å². The van der Waals surface area contributed by atoms with E-state index in [0.29, 0.717) is 0 Å². The monoisotopic (exact) mass is 207 g/mol. The van der Waals surface area contributed by atoms with Crippen molar-refractivity contribution in [3.8, 4) is 0 Å². The predicted octanol–water partition coefficient (Wildman–Crippen LogP) is 3.18. The van der Waals surface area contributed by atoms with Crippen molar-refractivity contribution in [2.45, 2.75) is 32.6 Å². The van der Waals surface area contributed by atoms with Gasteiger partial charge in [-0.3, -0.25) is 0 Å². The summed E-state index contributed by atoms with van der Waals surface area (Å²) >= 11 is 0. The zero-order valence-corrected chi connectivity index (χ0v) is 10.3. The van der Waals surface area contributed by atoms with Gasteiger partial charge in [-0.25, -0.2) is 0 Å². The van der Waals surface area contributed by atoms with E-state index in [1.807, 2.05) is 0 Å². The maximum absolute atomic E-state index is 3.99. The molecule has 2 saturated carbocycles. The molecule has 2 fully saturated rings. The van der Waals surface area contributed by atoms with Crippen molar-refractivity contribution in [2.75, 3.05) is 20.1 Å². The SMILES string of the molecule is C=CC(CC1CC1C)CN(C)CC1CC1. The molecule has 0 spiro atoms. The van der Waals surface area contributed by atoms with Gasteiger partial charge in [-0.2, -0.15) is 0 Å². The van der Waals surface area contributed by atoms with Gasteiger partial charge in [0.15, 0.2) is 0 Å². The van der Waals surface area contributed by atoms with E-state index in [4.69, 9.17) is 0 Å². The molecular formula is C14H25N. The van der Waals surface area contributed by atoms with Gasteiger partial charge >= 0.3 is 0 Å². The van der Waals surface area contributed by atoms with Gasteiger partial charge in [0.1, 0.15) is 0 Å². The summed E-state index contributed by atoms with van der Waals surface area (Å²) in [4.78, 5) is 2.51. The average molecular weight is 207 g/mol. The summed E-state index contributed by atoms with van der Waals surface area (Å²) in [6.45, 7) is 8.90. The number of rotatable bonds is 7. The first kappa shape index (κ1) is 11.2. The van der Waals surface area contributed by atoms with Crippen LogP contribution in [-0.2, 0) is 0 Å². The van der Waals surface area contributed by atoms with Crippen molar-refractivity contribution in [1.29, 1.82) is 0 Å². The molecule has 1 heteroatoms. The molecule has 15 heavy (non-hydrogen) atoms. The molecule has 0 aromatic rings. The summed E-state index contributed by atoms with van der Waals surface area (Å²) in [7, 11) is 2.27. The first-order chi connectivity index (χ1) is 7.19. The molecule has 0 amide bonds. The van der Waals surface area contributed by atoms with Crippen molar-refractivity contribution >= 4 is 0 Å². The molecule has 0 bridgehead atoms.